The van der Waals surface area contributed by atoms with Crippen molar-refractivity contribution >= 4 is 47.5 Å². The van der Waals surface area contributed by atoms with Gasteiger partial charge in [-0.05, 0) is 72.6 Å². The number of hydrogen-bond acceptors (Lipinski definition) is 14. The number of aromatic nitrogens is 4. The van der Waals surface area contributed by atoms with Crippen molar-refractivity contribution in [1.29, 1.82) is 0 Å². The zero-order chi connectivity index (χ0) is 57.7. The number of cyclic esters (lactones) is 4. The smallest absolute Gasteiger partial charge is 0.329 e. The molecule has 4 amide bonds. The Bertz CT molecular complexity index is 2470. The molecule has 3 heterocycles. The topological polar surface area (TPSA) is 222 Å². The predicted molar refractivity (Wildman–Crippen MR) is 289 cm³/mol. The molecule has 8 atom stereocenters. The fraction of sp³-hybridized carbons (Fsp3) is 0.552. The molecule has 2 aromatic heterocycles. The lowest BCUT2D eigenvalue weighted by atomic mass is 9.99. The summed E-state index contributed by atoms with van der Waals surface area (Å²) >= 11 is 0. The van der Waals surface area contributed by atoms with Gasteiger partial charge >= 0.3 is 23.9 Å². The minimum atomic E-state index is -1.53. The quantitative estimate of drug-likeness (QED) is 0.114. The molecule has 1 fully saturated rings. The van der Waals surface area contributed by atoms with Gasteiger partial charge in [0, 0.05) is 78.9 Å². The molecule has 0 bridgehead atoms. The molecule has 20 heteroatoms. The Balaban J connectivity index is 1.57. The highest BCUT2D eigenvalue weighted by Crippen LogP contribution is 2.25. The molecular formula is C58H80N8O12. The molecule has 4 aromatic rings. The molecule has 424 valence electrons. The maximum absolute atomic E-state index is 14.9. The van der Waals surface area contributed by atoms with Gasteiger partial charge in [-0.2, -0.15) is 0 Å². The molecule has 78 heavy (non-hydrogen) atoms. The molecular weight excluding hydrogens is 1000 g/mol. The normalized spacial score (nSPS) is 23.5. The summed E-state index contributed by atoms with van der Waals surface area (Å²) in [5.74, 6) is -8.30. The van der Waals surface area contributed by atoms with Gasteiger partial charge in [-0.15, -0.1) is 0 Å². The van der Waals surface area contributed by atoms with Crippen LogP contribution in [0.3, 0.4) is 0 Å². The fourth-order valence-electron chi connectivity index (χ4n) is 9.64. The van der Waals surface area contributed by atoms with Gasteiger partial charge in [0.2, 0.25) is 0 Å². The van der Waals surface area contributed by atoms with Gasteiger partial charge in [0.1, 0.15) is 24.2 Å². The van der Waals surface area contributed by atoms with Crippen molar-refractivity contribution in [1.82, 2.24) is 38.7 Å². The molecule has 0 spiro atoms. The third-order valence-electron chi connectivity index (χ3n) is 13.9. The first-order chi connectivity index (χ1) is 36.8. The molecule has 2 aromatic carbocycles. The monoisotopic (exact) mass is 1080 g/mol. The first-order valence-electron chi connectivity index (χ1n) is 26.7. The fourth-order valence-corrected chi connectivity index (χ4v) is 9.64. The van der Waals surface area contributed by atoms with Gasteiger partial charge in [-0.1, -0.05) is 104 Å². The van der Waals surface area contributed by atoms with Crippen LogP contribution < -0.4 is 0 Å². The molecule has 0 aliphatic carbocycles. The van der Waals surface area contributed by atoms with E-state index in [0.29, 0.717) is 24.2 Å². The average Bonchev–Trinajstić information content (AvgIpc) is 4.11. The second-order valence-electron chi connectivity index (χ2n) is 22.0. The van der Waals surface area contributed by atoms with Crippen LogP contribution in [-0.4, -0.2) is 163 Å². The number of likely N-dealkylation sites (N-methyl/N-ethyl adjacent to an activating group) is 4. The van der Waals surface area contributed by atoms with Crippen LogP contribution in [0.1, 0.15) is 104 Å². The van der Waals surface area contributed by atoms with Crippen molar-refractivity contribution in [2.45, 2.75) is 157 Å². The Hall–Kier alpha value is -7.38. The van der Waals surface area contributed by atoms with Gasteiger partial charge in [0.05, 0.1) is 12.7 Å². The summed E-state index contributed by atoms with van der Waals surface area (Å²) in [6.07, 6.45) is 4.26. The van der Waals surface area contributed by atoms with Crippen LogP contribution >= 0.6 is 0 Å². The number of carbonyl (C=O) groups excluding carboxylic acids is 8. The van der Waals surface area contributed by atoms with Crippen LogP contribution in [0.15, 0.2) is 86.0 Å². The molecule has 0 N–H and O–H groups in total. The Morgan fingerprint density at radius 3 is 1.04 bits per heavy atom. The van der Waals surface area contributed by atoms with E-state index in [1.807, 2.05) is 73.5 Å². The van der Waals surface area contributed by atoms with Crippen LogP contribution in [0.2, 0.25) is 0 Å². The van der Waals surface area contributed by atoms with Crippen LogP contribution in [0.5, 0.6) is 0 Å². The SMILES string of the molecule is CC(C)C[C@H]1C(=O)O[C@H](C)C(=O)N(C)C(C(C)C)C(=O)O[C@H](Cc2ccc(Cn3ccnc3)cc2)C(=O)N(C)[C@@H](CC(C)C)C(=O)O[C@H](C)C(=O)N(C)C(C(C)C)C(=O)O[C@H](Cc2ccc(Cn3ccnc3)cc2)C(=O)N1C. The zero-order valence-electron chi connectivity index (χ0n) is 47.7. The summed E-state index contributed by atoms with van der Waals surface area (Å²) in [6, 6.07) is 9.53. The van der Waals surface area contributed by atoms with Gasteiger partial charge in [-0.3, -0.25) is 19.2 Å². The van der Waals surface area contributed by atoms with Gasteiger partial charge in [0.15, 0.2) is 24.4 Å². The second kappa shape index (κ2) is 27.8. The number of carbonyl (C=O) groups is 8. The zero-order valence-corrected chi connectivity index (χ0v) is 47.7. The minimum Gasteiger partial charge on any atom is -0.451 e. The lowest BCUT2D eigenvalue weighted by Gasteiger charge is -2.36. The van der Waals surface area contributed by atoms with Gasteiger partial charge in [0.25, 0.3) is 23.6 Å². The first kappa shape index (κ1) is 61.5. The number of esters is 4. The number of ether oxygens (including phenoxy) is 4. The van der Waals surface area contributed by atoms with E-state index in [9.17, 15) is 38.4 Å². The molecule has 1 aliphatic heterocycles. The molecule has 2 unspecified atom stereocenters. The largest absolute Gasteiger partial charge is 0.451 e. The Kier molecular flexibility index (Phi) is 21.9. The summed E-state index contributed by atoms with van der Waals surface area (Å²) in [7, 11) is 5.52. The Morgan fingerprint density at radius 2 is 0.756 bits per heavy atom. The third-order valence-corrected chi connectivity index (χ3v) is 13.9. The number of benzene rings is 2. The molecule has 20 nitrogen and oxygen atoms in total. The number of imidazole rings is 2. The van der Waals surface area contributed by atoms with Crippen molar-refractivity contribution in [3.63, 3.8) is 0 Å². The highest BCUT2D eigenvalue weighted by atomic mass is 16.6. The number of amides is 4. The van der Waals surface area contributed by atoms with Gasteiger partial charge < -0.3 is 47.7 Å². The molecule has 1 saturated heterocycles. The van der Waals surface area contributed by atoms with Crippen molar-refractivity contribution in [2.75, 3.05) is 28.2 Å². The maximum Gasteiger partial charge on any atom is 0.329 e. The van der Waals surface area contributed by atoms with E-state index in [1.54, 1.807) is 77.0 Å². The summed E-state index contributed by atoms with van der Waals surface area (Å²) in [5.41, 5.74) is 3.11. The molecule has 0 saturated carbocycles. The van der Waals surface area contributed by atoms with Crippen molar-refractivity contribution < 1.29 is 57.3 Å². The molecule has 1 aliphatic rings. The van der Waals surface area contributed by atoms with E-state index < -0.39 is 108 Å². The first-order valence-corrected chi connectivity index (χ1v) is 26.7. The van der Waals surface area contributed by atoms with Crippen LogP contribution in [0, 0.1) is 23.7 Å². The maximum atomic E-state index is 14.9. The predicted octanol–water partition coefficient (Wildman–Crippen LogP) is 5.37. The van der Waals surface area contributed by atoms with Crippen molar-refractivity contribution in [2.24, 2.45) is 23.7 Å². The Morgan fingerprint density at radius 1 is 0.436 bits per heavy atom. The molecule has 0 radical (unpaired) electrons. The van der Waals surface area contributed by atoms with Crippen LogP contribution in [0.4, 0.5) is 0 Å². The van der Waals surface area contributed by atoms with E-state index in [4.69, 9.17) is 18.9 Å². The Labute approximate surface area is 458 Å². The summed E-state index contributed by atoms with van der Waals surface area (Å²) in [5, 5.41) is 0. The van der Waals surface area contributed by atoms with E-state index in [0.717, 1.165) is 30.7 Å². The highest BCUT2D eigenvalue weighted by molar-refractivity contribution is 5.94. The summed E-state index contributed by atoms with van der Waals surface area (Å²) in [4.78, 5) is 129. The van der Waals surface area contributed by atoms with E-state index in [-0.39, 0.29) is 37.5 Å². The summed E-state index contributed by atoms with van der Waals surface area (Å²) < 4.78 is 27.8. The van der Waals surface area contributed by atoms with E-state index >= 15 is 0 Å². The van der Waals surface area contributed by atoms with Crippen molar-refractivity contribution in [3.05, 3.63) is 108 Å². The van der Waals surface area contributed by atoms with Crippen molar-refractivity contribution in [3.8, 4) is 0 Å². The second-order valence-corrected chi connectivity index (χ2v) is 22.0. The standard InChI is InChI=1S/C58H80N8O12/c1-35(2)27-45-55(71)75-39(9)51(67)63(13)50(38(7)8)58(74)78-48(30-42-17-21-44(22-18-42)32-66-26-24-60-34-66)54(70)62(12)46(28-36(3)4)56(72)76-40(10)52(68)64(14)49(37(5)6)57(73)77-47(53(69)61(45)11)29-41-15-19-43(20-16-41)31-65-25-23-59-33-65/h15-26,33-40,45-50H,27-32H2,1-14H3/t39-,40-,45+,46+,47-,48-,49?,50?/m1/s1. The lowest BCUT2D eigenvalue weighted by Crippen LogP contribution is -2.55. The van der Waals surface area contributed by atoms with Crippen LogP contribution in [-0.2, 0) is 83.2 Å². The average molecular weight is 1080 g/mol. The van der Waals surface area contributed by atoms with E-state index in [2.05, 4.69) is 9.97 Å². The number of nitrogens with zero attached hydrogens (tertiary/aromatic N) is 8. The third kappa shape index (κ3) is 16.3. The molecule has 5 rings (SSSR count). The number of hydrogen-bond donors (Lipinski definition) is 0. The number of rotatable bonds is 14. The van der Waals surface area contributed by atoms with Gasteiger partial charge in [-0.25, -0.2) is 29.1 Å². The summed E-state index contributed by atoms with van der Waals surface area (Å²) in [6.45, 7) is 17.9. The minimum absolute atomic E-state index is 0.0834. The van der Waals surface area contributed by atoms with E-state index in [1.165, 1.54) is 42.0 Å². The van der Waals surface area contributed by atoms with Crippen LogP contribution in [0.25, 0.3) is 0 Å². The lowest BCUT2D eigenvalue weighted by molar-refractivity contribution is -0.177. The highest BCUT2D eigenvalue weighted by Gasteiger charge is 2.43.